The van der Waals surface area contributed by atoms with Crippen molar-refractivity contribution >= 4 is 35.0 Å². The van der Waals surface area contributed by atoms with E-state index in [0.29, 0.717) is 27.9 Å². The van der Waals surface area contributed by atoms with E-state index in [4.69, 9.17) is 21.1 Å². The van der Waals surface area contributed by atoms with Crippen molar-refractivity contribution in [3.63, 3.8) is 0 Å². The molecule has 1 aromatic heterocycles. The Morgan fingerprint density at radius 1 is 1.38 bits per heavy atom. The number of rotatable bonds is 5. The summed E-state index contributed by atoms with van der Waals surface area (Å²) in [5, 5.41) is 3.22. The molecule has 1 atom stereocenters. The highest BCUT2D eigenvalue weighted by molar-refractivity contribution is 7.99. The van der Waals surface area contributed by atoms with Crippen molar-refractivity contribution in [2.75, 3.05) is 23.9 Å². The number of pyridine rings is 1. The number of nitrogens with zero attached hydrogens (tertiary/aromatic N) is 1. The van der Waals surface area contributed by atoms with Gasteiger partial charge in [0.15, 0.2) is 0 Å². The molecule has 1 N–H and O–H groups in total. The SMILES string of the molecule is COc1ccc(NC(=O)c2ccc(OC3CCSC3)nc2)cc1Cl. The molecule has 1 fully saturated rings. The lowest BCUT2D eigenvalue weighted by Crippen LogP contribution is -2.16. The van der Waals surface area contributed by atoms with Gasteiger partial charge in [-0.2, -0.15) is 11.8 Å². The van der Waals surface area contributed by atoms with Gasteiger partial charge in [-0.3, -0.25) is 4.79 Å². The number of methoxy groups -OCH3 is 1. The quantitative estimate of drug-likeness (QED) is 0.872. The first-order chi connectivity index (χ1) is 11.7. The summed E-state index contributed by atoms with van der Waals surface area (Å²) in [5.41, 5.74) is 1.05. The van der Waals surface area contributed by atoms with E-state index in [0.717, 1.165) is 17.9 Å². The summed E-state index contributed by atoms with van der Waals surface area (Å²) in [4.78, 5) is 16.5. The van der Waals surface area contributed by atoms with Crippen molar-refractivity contribution in [3.8, 4) is 11.6 Å². The van der Waals surface area contributed by atoms with Crippen molar-refractivity contribution < 1.29 is 14.3 Å². The number of carbonyl (C=O) groups excluding carboxylic acids is 1. The molecule has 1 aliphatic rings. The Bertz CT molecular complexity index is 718. The zero-order valence-corrected chi connectivity index (χ0v) is 14.7. The fraction of sp³-hybridized carbons (Fsp3) is 0.294. The van der Waals surface area contributed by atoms with E-state index in [1.54, 1.807) is 37.4 Å². The van der Waals surface area contributed by atoms with Crippen LogP contribution in [0.25, 0.3) is 0 Å². The highest BCUT2D eigenvalue weighted by Crippen LogP contribution is 2.27. The topological polar surface area (TPSA) is 60.5 Å². The number of halogens is 1. The van der Waals surface area contributed by atoms with Crippen LogP contribution in [0.4, 0.5) is 5.69 Å². The highest BCUT2D eigenvalue weighted by Gasteiger charge is 2.17. The van der Waals surface area contributed by atoms with Crippen LogP contribution in [0.2, 0.25) is 5.02 Å². The third kappa shape index (κ3) is 4.13. The average molecular weight is 365 g/mol. The molecule has 1 aliphatic heterocycles. The number of anilines is 1. The first kappa shape index (κ1) is 16.9. The molecule has 126 valence electrons. The summed E-state index contributed by atoms with van der Waals surface area (Å²) in [6, 6.07) is 8.49. The maximum absolute atomic E-state index is 12.3. The van der Waals surface area contributed by atoms with Gasteiger partial charge in [0.25, 0.3) is 5.91 Å². The van der Waals surface area contributed by atoms with Crippen LogP contribution in [0.5, 0.6) is 11.6 Å². The molecule has 5 nitrogen and oxygen atoms in total. The van der Waals surface area contributed by atoms with E-state index >= 15 is 0 Å². The van der Waals surface area contributed by atoms with E-state index in [-0.39, 0.29) is 12.0 Å². The molecule has 2 heterocycles. The molecular weight excluding hydrogens is 348 g/mol. The summed E-state index contributed by atoms with van der Waals surface area (Å²) in [6.45, 7) is 0. The van der Waals surface area contributed by atoms with Gasteiger partial charge in [0.05, 0.1) is 17.7 Å². The third-order valence-electron chi connectivity index (χ3n) is 3.58. The van der Waals surface area contributed by atoms with Crippen LogP contribution >= 0.6 is 23.4 Å². The smallest absolute Gasteiger partial charge is 0.257 e. The maximum atomic E-state index is 12.3. The lowest BCUT2D eigenvalue weighted by atomic mass is 10.2. The number of amides is 1. The van der Waals surface area contributed by atoms with Gasteiger partial charge in [0.2, 0.25) is 5.88 Å². The first-order valence-electron chi connectivity index (χ1n) is 7.51. The predicted octanol–water partition coefficient (Wildman–Crippen LogP) is 3.88. The van der Waals surface area contributed by atoms with E-state index in [9.17, 15) is 4.79 Å². The number of benzene rings is 1. The average Bonchev–Trinajstić information content (AvgIpc) is 3.08. The Morgan fingerprint density at radius 2 is 2.25 bits per heavy atom. The minimum Gasteiger partial charge on any atom is -0.495 e. The molecule has 0 aliphatic carbocycles. The first-order valence-corrected chi connectivity index (χ1v) is 9.04. The van der Waals surface area contributed by atoms with Crippen LogP contribution in [-0.4, -0.2) is 35.6 Å². The van der Waals surface area contributed by atoms with Crippen molar-refractivity contribution in [3.05, 3.63) is 47.1 Å². The molecule has 0 radical (unpaired) electrons. The molecule has 24 heavy (non-hydrogen) atoms. The summed E-state index contributed by atoms with van der Waals surface area (Å²) in [6.07, 6.45) is 2.76. The number of hydrogen-bond donors (Lipinski definition) is 1. The fourth-order valence-corrected chi connectivity index (χ4v) is 3.66. The lowest BCUT2D eigenvalue weighted by Gasteiger charge is -2.11. The summed E-state index contributed by atoms with van der Waals surface area (Å²) >= 11 is 7.93. The Labute approximate surface area is 149 Å². The van der Waals surface area contributed by atoms with Gasteiger partial charge in [0.1, 0.15) is 11.9 Å². The number of ether oxygens (including phenoxy) is 2. The van der Waals surface area contributed by atoms with Gasteiger partial charge in [-0.1, -0.05) is 11.6 Å². The third-order valence-corrected chi connectivity index (χ3v) is 5.01. The Balaban J connectivity index is 1.63. The Hall–Kier alpha value is -1.92. The molecule has 1 saturated heterocycles. The van der Waals surface area contributed by atoms with Crippen molar-refractivity contribution in [2.24, 2.45) is 0 Å². The number of thioether (sulfide) groups is 1. The summed E-state index contributed by atoms with van der Waals surface area (Å²) in [5.74, 6) is 2.96. The summed E-state index contributed by atoms with van der Waals surface area (Å²) in [7, 11) is 1.54. The summed E-state index contributed by atoms with van der Waals surface area (Å²) < 4.78 is 10.9. The molecular formula is C17H17ClN2O3S. The molecule has 2 aromatic rings. The predicted molar refractivity (Wildman–Crippen MR) is 96.6 cm³/mol. The van der Waals surface area contributed by atoms with E-state index < -0.39 is 0 Å². The minimum atomic E-state index is -0.258. The van der Waals surface area contributed by atoms with E-state index in [1.165, 1.54) is 6.20 Å². The molecule has 1 aromatic carbocycles. The van der Waals surface area contributed by atoms with Crippen molar-refractivity contribution in [1.82, 2.24) is 4.98 Å². The van der Waals surface area contributed by atoms with Gasteiger partial charge < -0.3 is 14.8 Å². The zero-order chi connectivity index (χ0) is 16.9. The normalized spacial score (nSPS) is 16.7. The number of carbonyl (C=O) groups is 1. The van der Waals surface area contributed by atoms with Crippen LogP contribution in [0, 0.1) is 0 Å². The van der Waals surface area contributed by atoms with Gasteiger partial charge in [-0.15, -0.1) is 0 Å². The maximum Gasteiger partial charge on any atom is 0.257 e. The van der Waals surface area contributed by atoms with Crippen molar-refractivity contribution in [1.29, 1.82) is 0 Å². The number of nitrogens with one attached hydrogen (secondary N) is 1. The second-order valence-corrected chi connectivity index (χ2v) is 6.85. The second-order valence-electron chi connectivity index (χ2n) is 5.29. The van der Waals surface area contributed by atoms with Crippen molar-refractivity contribution in [2.45, 2.75) is 12.5 Å². The molecule has 3 rings (SSSR count). The molecule has 0 bridgehead atoms. The van der Waals surface area contributed by atoms with E-state index in [1.807, 2.05) is 11.8 Å². The van der Waals surface area contributed by atoms with Crippen LogP contribution in [0.1, 0.15) is 16.8 Å². The standard InChI is InChI=1S/C17H17ClN2O3S/c1-22-15-4-3-12(8-14(15)18)20-17(21)11-2-5-16(19-9-11)23-13-6-7-24-10-13/h2-5,8-9,13H,6-7,10H2,1H3,(H,20,21). The van der Waals surface area contributed by atoms with E-state index in [2.05, 4.69) is 10.3 Å². The second kappa shape index (κ2) is 7.77. The molecule has 0 spiro atoms. The number of aromatic nitrogens is 1. The molecule has 0 saturated carbocycles. The molecule has 1 unspecified atom stereocenters. The lowest BCUT2D eigenvalue weighted by molar-refractivity contribution is 0.102. The Kier molecular flexibility index (Phi) is 5.48. The van der Waals surface area contributed by atoms with Gasteiger partial charge >= 0.3 is 0 Å². The Morgan fingerprint density at radius 3 is 2.88 bits per heavy atom. The molecule has 1 amide bonds. The van der Waals surface area contributed by atoms with Gasteiger partial charge in [-0.05, 0) is 36.4 Å². The zero-order valence-electron chi connectivity index (χ0n) is 13.1. The number of hydrogen-bond acceptors (Lipinski definition) is 5. The largest absolute Gasteiger partial charge is 0.495 e. The highest BCUT2D eigenvalue weighted by atomic mass is 35.5. The molecule has 7 heteroatoms. The van der Waals surface area contributed by atoms with Crippen LogP contribution in [0.15, 0.2) is 36.5 Å². The minimum absolute atomic E-state index is 0.212. The van der Waals surface area contributed by atoms with Gasteiger partial charge in [0, 0.05) is 23.7 Å². The van der Waals surface area contributed by atoms with Crippen LogP contribution in [-0.2, 0) is 0 Å². The monoisotopic (exact) mass is 364 g/mol. The fourth-order valence-electron chi connectivity index (χ4n) is 2.31. The van der Waals surface area contributed by atoms with Crippen LogP contribution < -0.4 is 14.8 Å². The van der Waals surface area contributed by atoms with Crippen LogP contribution in [0.3, 0.4) is 0 Å². The van der Waals surface area contributed by atoms with Gasteiger partial charge in [-0.25, -0.2) is 4.98 Å².